The second-order valence-electron chi connectivity index (χ2n) is 18.3. The molecule has 72 heavy (non-hydrogen) atoms. The fourth-order valence-corrected chi connectivity index (χ4v) is 11.8. The minimum atomic E-state index is 0.336. The lowest BCUT2D eigenvalue weighted by Gasteiger charge is -2.39. The smallest absolute Gasteiger partial charge is 0.137 e. The molecule has 0 radical (unpaired) electrons. The Labute approximate surface area is 453 Å². The molecule has 1 heterocycles. The average molecular weight is 1210 g/mol. The van der Waals surface area contributed by atoms with Crippen molar-refractivity contribution in [3.63, 3.8) is 0 Å². The SMILES string of the molecule is Brc1ccc2c3c(ccc2c1)OCCOCCOc1ccc2cc(Br)ccc2c1-c1c(ccc2cc(Br)ccc12)OCC[N+](Cc1ccccc1)(Cc1ccccc1)CCOc1ccc2cc(Br)ccc2c1-3. The van der Waals surface area contributed by atoms with Crippen LogP contribution in [0, 0.1) is 0 Å². The third-order valence-corrected chi connectivity index (χ3v) is 15.6. The second kappa shape index (κ2) is 21.8. The normalized spacial score (nSPS) is 14.6. The van der Waals surface area contributed by atoms with E-state index in [0.717, 1.165) is 119 Å². The molecule has 10 aromatic carbocycles. The van der Waals surface area contributed by atoms with Crippen molar-refractivity contribution in [2.45, 2.75) is 13.1 Å². The Kier molecular flexibility index (Phi) is 14.7. The number of quaternary nitrogens is 1. The van der Waals surface area contributed by atoms with Gasteiger partial charge in [0.15, 0.2) is 0 Å². The summed E-state index contributed by atoms with van der Waals surface area (Å²) in [6.07, 6.45) is 0. The zero-order chi connectivity index (χ0) is 49.0. The van der Waals surface area contributed by atoms with Crippen LogP contribution in [0.15, 0.2) is 200 Å². The molecule has 1 aliphatic rings. The second-order valence-corrected chi connectivity index (χ2v) is 22.0. The summed E-state index contributed by atoms with van der Waals surface area (Å²) in [4.78, 5) is 0. The van der Waals surface area contributed by atoms with Crippen molar-refractivity contribution >= 4 is 107 Å². The Hall–Kier alpha value is -5.72. The van der Waals surface area contributed by atoms with Gasteiger partial charge in [-0.1, -0.05) is 173 Å². The topological polar surface area (TPSA) is 46.2 Å². The molecule has 0 aromatic heterocycles. The zero-order valence-corrected chi connectivity index (χ0v) is 45.7. The van der Waals surface area contributed by atoms with Crippen LogP contribution in [0.2, 0.25) is 0 Å². The van der Waals surface area contributed by atoms with E-state index in [9.17, 15) is 0 Å². The molecule has 1 aliphatic heterocycles. The van der Waals surface area contributed by atoms with E-state index < -0.39 is 0 Å². The van der Waals surface area contributed by atoms with Gasteiger partial charge in [-0.2, -0.15) is 0 Å². The monoisotopic (exact) mass is 1200 g/mol. The molecule has 0 amide bonds. The Morgan fingerprint density at radius 3 is 0.944 bits per heavy atom. The van der Waals surface area contributed by atoms with Gasteiger partial charge < -0.3 is 28.2 Å². The molecule has 0 unspecified atom stereocenters. The largest absolute Gasteiger partial charge is 0.491 e. The van der Waals surface area contributed by atoms with Crippen LogP contribution in [-0.4, -0.2) is 57.2 Å². The van der Waals surface area contributed by atoms with Gasteiger partial charge in [0.1, 0.15) is 75.6 Å². The van der Waals surface area contributed by atoms with Crippen molar-refractivity contribution in [2.24, 2.45) is 0 Å². The van der Waals surface area contributed by atoms with Crippen LogP contribution in [0.1, 0.15) is 11.1 Å². The molecule has 0 saturated carbocycles. The summed E-state index contributed by atoms with van der Waals surface area (Å²) in [5.41, 5.74) is 6.43. The maximum absolute atomic E-state index is 7.22. The van der Waals surface area contributed by atoms with Gasteiger partial charge in [0.2, 0.25) is 0 Å². The first-order valence-electron chi connectivity index (χ1n) is 24.2. The quantitative estimate of drug-likeness (QED) is 0.164. The molecule has 10 heteroatoms. The third-order valence-electron chi connectivity index (χ3n) is 13.6. The summed E-state index contributed by atoms with van der Waals surface area (Å²) in [7, 11) is 0. The summed E-state index contributed by atoms with van der Waals surface area (Å²) in [5, 5.41) is 8.63. The van der Waals surface area contributed by atoms with Gasteiger partial charge in [-0.15, -0.1) is 0 Å². The fraction of sp³-hybridized carbons (Fsp3) is 0.161. The third kappa shape index (κ3) is 10.5. The van der Waals surface area contributed by atoms with E-state index in [1.54, 1.807) is 0 Å². The Balaban J connectivity index is 1.06. The minimum absolute atomic E-state index is 0.336. The Morgan fingerprint density at radius 2 is 0.625 bits per heavy atom. The summed E-state index contributed by atoms with van der Waals surface area (Å²) in [6.45, 7) is 5.23. The van der Waals surface area contributed by atoms with E-state index in [0.29, 0.717) is 57.2 Å². The van der Waals surface area contributed by atoms with Crippen LogP contribution in [-0.2, 0) is 17.8 Å². The maximum Gasteiger partial charge on any atom is 0.137 e. The van der Waals surface area contributed by atoms with E-state index in [2.05, 4.69) is 246 Å². The maximum atomic E-state index is 7.22. The van der Waals surface area contributed by atoms with Crippen LogP contribution in [0.3, 0.4) is 0 Å². The van der Waals surface area contributed by atoms with Crippen molar-refractivity contribution in [2.75, 3.05) is 52.7 Å². The molecule has 10 aromatic rings. The predicted octanol–water partition coefficient (Wildman–Crippen LogP) is 17.1. The number of hydrogen-bond acceptors (Lipinski definition) is 5. The van der Waals surface area contributed by atoms with Crippen LogP contribution in [0.25, 0.3) is 65.3 Å². The van der Waals surface area contributed by atoms with Crippen LogP contribution in [0.4, 0.5) is 0 Å². The van der Waals surface area contributed by atoms with Gasteiger partial charge in [0.05, 0.1) is 13.2 Å². The minimum Gasteiger partial charge on any atom is -0.491 e. The molecule has 0 aliphatic carbocycles. The summed E-state index contributed by atoms with van der Waals surface area (Å²) in [6, 6.07) is 64.4. The number of halogens is 4. The summed E-state index contributed by atoms with van der Waals surface area (Å²) >= 11 is 15.0. The lowest BCUT2D eigenvalue weighted by molar-refractivity contribution is -0.953. The Morgan fingerprint density at radius 1 is 0.319 bits per heavy atom. The van der Waals surface area contributed by atoms with Gasteiger partial charge in [0.25, 0.3) is 0 Å². The summed E-state index contributed by atoms with van der Waals surface area (Å²) < 4.78 is 39.0. The highest BCUT2D eigenvalue weighted by Crippen LogP contribution is 2.48. The molecule has 0 saturated heterocycles. The van der Waals surface area contributed by atoms with Crippen LogP contribution >= 0.6 is 63.7 Å². The highest BCUT2D eigenvalue weighted by Gasteiger charge is 2.31. The highest BCUT2D eigenvalue weighted by atomic mass is 79.9. The van der Waals surface area contributed by atoms with Crippen molar-refractivity contribution in [3.05, 3.63) is 211 Å². The molecule has 360 valence electrons. The standard InChI is InChI=1S/C62H50Br4NO5/c63-47-15-19-51-43(35-47)11-23-55-59(51)61-53-21-17-49(65)37-45(53)13-25-57(61)71-33-31-68-32-34-72-58-26-14-46-38-50(66)18-22-54(46)62(58)60-52-20-16-48(64)36-44(52)12-24-56(60)70-30-28-67(27-29-69-55,39-41-7-3-1-4-8-41)40-42-9-5-2-6-10-42/h1-26,35-38H,27-34,39-40H2/q+1. The predicted molar refractivity (Wildman–Crippen MR) is 308 cm³/mol. The molecule has 6 nitrogen and oxygen atoms in total. The lowest BCUT2D eigenvalue weighted by Crippen LogP contribution is -2.51. The number of ether oxygens (including phenoxy) is 5. The molecule has 0 fully saturated rings. The van der Waals surface area contributed by atoms with Gasteiger partial charge in [0, 0.05) is 51.3 Å². The van der Waals surface area contributed by atoms with Gasteiger partial charge in [-0.3, -0.25) is 0 Å². The van der Waals surface area contributed by atoms with E-state index in [1.807, 2.05) is 0 Å². The van der Waals surface area contributed by atoms with Gasteiger partial charge in [-0.05, 0) is 116 Å². The molecule has 0 spiro atoms. The molecule has 11 rings (SSSR count). The summed E-state index contributed by atoms with van der Waals surface area (Å²) in [5.74, 6) is 3.10. The first-order valence-corrected chi connectivity index (χ1v) is 27.4. The highest BCUT2D eigenvalue weighted by molar-refractivity contribution is 9.11. The molecule has 0 N–H and O–H groups in total. The number of benzene rings is 10. The van der Waals surface area contributed by atoms with Crippen LogP contribution in [0.5, 0.6) is 23.0 Å². The van der Waals surface area contributed by atoms with Crippen LogP contribution < -0.4 is 18.9 Å². The Bertz CT molecular complexity index is 3350. The number of rotatable bonds is 4. The number of nitrogens with zero attached hydrogens (tertiary/aromatic N) is 1. The first-order chi connectivity index (χ1) is 35.3. The van der Waals surface area contributed by atoms with Gasteiger partial charge in [-0.25, -0.2) is 0 Å². The van der Waals surface area contributed by atoms with E-state index in [-0.39, 0.29) is 0 Å². The van der Waals surface area contributed by atoms with E-state index in [4.69, 9.17) is 23.7 Å². The fourth-order valence-electron chi connectivity index (χ4n) is 10.3. The number of hydrogen-bond donors (Lipinski definition) is 0. The van der Waals surface area contributed by atoms with Gasteiger partial charge >= 0.3 is 0 Å². The lowest BCUT2D eigenvalue weighted by atomic mass is 9.92. The molecular formula is C62H50Br4NO5+. The zero-order valence-electron chi connectivity index (χ0n) is 39.4. The van der Waals surface area contributed by atoms with Crippen molar-refractivity contribution in [3.8, 4) is 45.3 Å². The molecular weight excluding hydrogens is 1160 g/mol. The average Bonchev–Trinajstić information content (AvgIpc) is 3.38. The molecule has 0 bridgehead atoms. The van der Waals surface area contributed by atoms with Crippen molar-refractivity contribution < 1.29 is 28.2 Å². The number of fused-ring (bicyclic) bond motifs is 14. The molecule has 0 atom stereocenters. The van der Waals surface area contributed by atoms with Crippen molar-refractivity contribution in [1.82, 2.24) is 0 Å². The van der Waals surface area contributed by atoms with E-state index >= 15 is 0 Å². The van der Waals surface area contributed by atoms with E-state index in [1.165, 1.54) is 11.1 Å². The first kappa shape index (κ1) is 48.5. The van der Waals surface area contributed by atoms with Crippen molar-refractivity contribution in [1.29, 1.82) is 0 Å².